The number of thiazole rings is 1. The van der Waals surface area contributed by atoms with Crippen molar-refractivity contribution >= 4 is 70.8 Å². The van der Waals surface area contributed by atoms with Crippen molar-refractivity contribution in [3.63, 3.8) is 0 Å². The minimum atomic E-state index is -4.65. The molecule has 4 aromatic rings. The van der Waals surface area contributed by atoms with Crippen LogP contribution in [0.2, 0.25) is 5.02 Å². The van der Waals surface area contributed by atoms with Crippen LogP contribution in [0.5, 0.6) is 5.75 Å². The monoisotopic (exact) mass is 590 g/mol. The third kappa shape index (κ3) is 6.28. The zero-order valence-electron chi connectivity index (χ0n) is 19.9. The molecule has 0 aliphatic heterocycles. The number of carbonyl (C=O) groups is 1. The molecule has 0 spiro atoms. The molecule has 0 bridgehead atoms. The Morgan fingerprint density at radius 2 is 2.00 bits per heavy atom. The third-order valence-electron chi connectivity index (χ3n) is 5.40. The van der Waals surface area contributed by atoms with Gasteiger partial charge in [-0.15, -0.1) is 0 Å². The van der Waals surface area contributed by atoms with E-state index in [-0.39, 0.29) is 50.4 Å². The van der Waals surface area contributed by atoms with Gasteiger partial charge in [-0.25, -0.2) is 18.5 Å². The summed E-state index contributed by atoms with van der Waals surface area (Å²) in [6, 6.07) is 5.63. The van der Waals surface area contributed by atoms with Crippen molar-refractivity contribution in [2.75, 3.05) is 23.0 Å². The first-order chi connectivity index (χ1) is 17.6. The zero-order chi connectivity index (χ0) is 27.9. The van der Waals surface area contributed by atoms with Gasteiger partial charge in [-0.1, -0.05) is 22.9 Å². The van der Waals surface area contributed by atoms with Crippen molar-refractivity contribution < 1.29 is 31.1 Å². The Bertz CT molecular complexity index is 1620. The molecule has 0 radical (unpaired) electrons. The number of benzene rings is 2. The highest BCUT2D eigenvalue weighted by atomic mass is 35.5. The second-order valence-corrected chi connectivity index (χ2v) is 12.0. The number of halogens is 4. The number of hydrogen-bond acceptors (Lipinski definition) is 8. The standard InChI is InChI=1S/C22H22ClF3N6O4S2/c1-21(2,31-11-4-5-14(23)16(8-11)36-6-3-7-38(27,34)35)19(33)30-20-29-17-13(22(24,25)26)9-15-12(10-28-32-15)18(17)37-20/h4-5,8-10,31H,3,6-7H2,1-2H3,(H,28,32)(H2,27,34,35)(H,29,30,33). The van der Waals surface area contributed by atoms with Crippen LogP contribution in [0.3, 0.4) is 0 Å². The summed E-state index contributed by atoms with van der Waals surface area (Å²) in [5, 5.41) is 17.7. The molecular formula is C22H22ClF3N6O4S2. The molecule has 0 atom stereocenters. The number of nitrogens with one attached hydrogen (secondary N) is 3. The number of sulfonamides is 1. The minimum absolute atomic E-state index is 0.00550. The fourth-order valence-corrected chi connectivity index (χ4v) is 5.25. The van der Waals surface area contributed by atoms with Crippen LogP contribution >= 0.6 is 22.9 Å². The number of H-pyrrole nitrogens is 1. The summed E-state index contributed by atoms with van der Waals surface area (Å²) in [5.41, 5.74) is -1.79. The molecular weight excluding hydrogens is 569 g/mol. The van der Waals surface area contributed by atoms with Crippen LogP contribution in [0.25, 0.3) is 21.1 Å². The normalized spacial score (nSPS) is 12.7. The van der Waals surface area contributed by atoms with E-state index in [2.05, 4.69) is 25.8 Å². The van der Waals surface area contributed by atoms with Crippen molar-refractivity contribution in [3.8, 4) is 5.75 Å². The van der Waals surface area contributed by atoms with E-state index in [9.17, 15) is 26.4 Å². The molecule has 2 aromatic heterocycles. The van der Waals surface area contributed by atoms with Gasteiger partial charge in [-0.05, 0) is 38.5 Å². The van der Waals surface area contributed by atoms with Gasteiger partial charge in [0.2, 0.25) is 10.0 Å². The number of nitrogens with zero attached hydrogens (tertiary/aromatic N) is 2. The minimum Gasteiger partial charge on any atom is -0.492 e. The van der Waals surface area contributed by atoms with E-state index < -0.39 is 33.2 Å². The van der Waals surface area contributed by atoms with Gasteiger partial charge in [-0.2, -0.15) is 18.3 Å². The quantitative estimate of drug-likeness (QED) is 0.206. The molecule has 38 heavy (non-hydrogen) atoms. The van der Waals surface area contributed by atoms with E-state index >= 15 is 0 Å². The molecule has 0 unspecified atom stereocenters. The van der Waals surface area contributed by atoms with Gasteiger partial charge in [0.1, 0.15) is 11.3 Å². The highest BCUT2D eigenvalue weighted by Gasteiger charge is 2.36. The van der Waals surface area contributed by atoms with Crippen molar-refractivity contribution in [2.45, 2.75) is 32.0 Å². The van der Waals surface area contributed by atoms with Crippen molar-refractivity contribution in [1.82, 2.24) is 15.2 Å². The Morgan fingerprint density at radius 1 is 1.26 bits per heavy atom. The molecule has 1 amide bonds. The third-order valence-corrected chi connectivity index (χ3v) is 7.57. The number of hydrogen-bond donors (Lipinski definition) is 4. The molecule has 204 valence electrons. The highest BCUT2D eigenvalue weighted by Crippen LogP contribution is 2.41. The fourth-order valence-electron chi connectivity index (χ4n) is 3.56. The van der Waals surface area contributed by atoms with Crippen LogP contribution in [-0.4, -0.2) is 47.4 Å². The molecule has 2 aromatic carbocycles. The van der Waals surface area contributed by atoms with Crippen molar-refractivity contribution in [2.24, 2.45) is 5.14 Å². The average Bonchev–Trinajstić information content (AvgIpc) is 3.42. The molecule has 2 heterocycles. The number of alkyl halides is 3. The molecule has 0 saturated carbocycles. The zero-order valence-corrected chi connectivity index (χ0v) is 22.3. The molecule has 0 fully saturated rings. The topological polar surface area (TPSA) is 152 Å². The van der Waals surface area contributed by atoms with Crippen LogP contribution in [0.1, 0.15) is 25.8 Å². The van der Waals surface area contributed by atoms with E-state index in [1.165, 1.54) is 18.3 Å². The van der Waals surface area contributed by atoms with Gasteiger partial charge in [0.25, 0.3) is 5.91 Å². The van der Waals surface area contributed by atoms with Crippen LogP contribution in [0, 0.1) is 0 Å². The van der Waals surface area contributed by atoms with Crippen LogP contribution in [0.15, 0.2) is 30.5 Å². The SMILES string of the molecule is CC(C)(Nc1ccc(Cl)c(OCCCS(N)(=O)=O)c1)C(=O)Nc1nc2c(C(F)(F)F)cc3[nH]ncc3c2s1. The number of anilines is 2. The smallest absolute Gasteiger partial charge is 0.418 e. The molecule has 16 heteroatoms. The summed E-state index contributed by atoms with van der Waals surface area (Å²) >= 11 is 7.06. The van der Waals surface area contributed by atoms with Gasteiger partial charge in [0.05, 0.1) is 44.9 Å². The molecule has 4 rings (SSSR count). The largest absolute Gasteiger partial charge is 0.492 e. The first-order valence-corrected chi connectivity index (χ1v) is 13.9. The summed E-state index contributed by atoms with van der Waals surface area (Å²) in [7, 11) is -3.62. The molecule has 0 aliphatic rings. The summed E-state index contributed by atoms with van der Waals surface area (Å²) in [4.78, 5) is 17.2. The van der Waals surface area contributed by atoms with Gasteiger partial charge in [0.15, 0.2) is 5.13 Å². The Labute approximate surface area is 223 Å². The van der Waals surface area contributed by atoms with Crippen LogP contribution < -0.4 is 20.5 Å². The van der Waals surface area contributed by atoms with Gasteiger partial charge >= 0.3 is 6.18 Å². The number of nitrogens with two attached hydrogens (primary N) is 1. The van der Waals surface area contributed by atoms with Gasteiger partial charge in [-0.3, -0.25) is 15.2 Å². The lowest BCUT2D eigenvalue weighted by atomic mass is 10.0. The number of amides is 1. The fraction of sp³-hybridized carbons (Fsp3) is 0.318. The molecule has 5 N–H and O–H groups in total. The summed E-state index contributed by atoms with van der Waals surface area (Å²) in [6.45, 7) is 3.20. The lowest BCUT2D eigenvalue weighted by Crippen LogP contribution is -2.44. The first kappa shape index (κ1) is 27.9. The number of aromatic amines is 1. The number of fused-ring (bicyclic) bond motifs is 3. The maximum Gasteiger partial charge on any atom is 0.418 e. The Kier molecular flexibility index (Phi) is 7.49. The second kappa shape index (κ2) is 10.2. The van der Waals surface area contributed by atoms with E-state index in [1.54, 1.807) is 19.9 Å². The van der Waals surface area contributed by atoms with E-state index in [0.717, 1.165) is 17.4 Å². The number of rotatable bonds is 9. The average molecular weight is 591 g/mol. The van der Waals surface area contributed by atoms with Crippen molar-refractivity contribution in [1.29, 1.82) is 0 Å². The Hall–Kier alpha value is -3.14. The van der Waals surface area contributed by atoms with E-state index in [1.807, 2.05) is 0 Å². The first-order valence-electron chi connectivity index (χ1n) is 11.0. The summed E-state index contributed by atoms with van der Waals surface area (Å²) < 4.78 is 68.9. The summed E-state index contributed by atoms with van der Waals surface area (Å²) in [5.74, 6) is -0.547. The second-order valence-electron chi connectivity index (χ2n) is 8.87. The molecule has 0 aliphatic carbocycles. The van der Waals surface area contributed by atoms with E-state index in [0.29, 0.717) is 11.1 Å². The maximum absolute atomic E-state index is 13.6. The van der Waals surface area contributed by atoms with Crippen LogP contribution in [-0.2, 0) is 21.0 Å². The van der Waals surface area contributed by atoms with Gasteiger partial charge in [0, 0.05) is 17.1 Å². The van der Waals surface area contributed by atoms with E-state index in [4.69, 9.17) is 21.5 Å². The maximum atomic E-state index is 13.6. The Balaban J connectivity index is 1.51. The lowest BCUT2D eigenvalue weighted by molar-refractivity contribution is -0.136. The number of aromatic nitrogens is 3. The molecule has 10 nitrogen and oxygen atoms in total. The van der Waals surface area contributed by atoms with Gasteiger partial charge < -0.3 is 10.1 Å². The number of ether oxygens (including phenoxy) is 1. The predicted octanol–water partition coefficient (Wildman–Crippen LogP) is 4.73. The Morgan fingerprint density at radius 3 is 2.68 bits per heavy atom. The van der Waals surface area contributed by atoms with Crippen molar-refractivity contribution in [3.05, 3.63) is 41.0 Å². The number of carbonyl (C=O) groups excluding carboxylic acids is 1. The molecule has 0 saturated heterocycles. The summed E-state index contributed by atoms with van der Waals surface area (Å²) in [6.07, 6.45) is -3.09. The van der Waals surface area contributed by atoms with Crippen LogP contribution in [0.4, 0.5) is 24.0 Å². The predicted molar refractivity (Wildman–Crippen MR) is 140 cm³/mol. The highest BCUT2D eigenvalue weighted by molar-refractivity contribution is 7.89. The number of primary sulfonamides is 1. The lowest BCUT2D eigenvalue weighted by Gasteiger charge is -2.26.